The van der Waals surface area contributed by atoms with Gasteiger partial charge >= 0.3 is 5.69 Å². The number of aromatic hydroxyl groups is 1. The number of aromatic nitrogens is 2. The van der Waals surface area contributed by atoms with Gasteiger partial charge in [-0.1, -0.05) is 29.8 Å². The largest absolute Gasteiger partial charge is 0.493 e. The molecule has 8 heteroatoms. The molecule has 1 atom stereocenters. The molecule has 1 aliphatic rings. The zero-order valence-corrected chi connectivity index (χ0v) is 15.6. The summed E-state index contributed by atoms with van der Waals surface area (Å²) in [5.41, 5.74) is 2.59. The minimum absolute atomic E-state index is 0.153. The van der Waals surface area contributed by atoms with Gasteiger partial charge in [0.2, 0.25) is 5.88 Å². The fourth-order valence-electron chi connectivity index (χ4n) is 3.19. The molecular weight excluding hydrogens is 392 g/mol. The van der Waals surface area contributed by atoms with Crippen molar-refractivity contribution in [1.82, 2.24) is 9.55 Å². The van der Waals surface area contributed by atoms with Crippen molar-refractivity contribution in [2.75, 3.05) is 0 Å². The van der Waals surface area contributed by atoms with Crippen LogP contribution in [0.5, 0.6) is 5.88 Å². The van der Waals surface area contributed by atoms with Crippen LogP contribution in [0.15, 0.2) is 52.3 Å². The molecule has 0 bridgehead atoms. The molecule has 0 spiro atoms. The van der Waals surface area contributed by atoms with Crippen LogP contribution in [0.1, 0.15) is 28.4 Å². The predicted octanol–water partition coefficient (Wildman–Crippen LogP) is 3.45. The van der Waals surface area contributed by atoms with E-state index < -0.39 is 11.7 Å². The Bertz CT molecular complexity index is 1280. The van der Waals surface area contributed by atoms with Crippen LogP contribution in [-0.4, -0.2) is 27.2 Å². The summed E-state index contributed by atoms with van der Waals surface area (Å²) in [7, 11) is 0. The number of carbonyl (C=O) groups excluding carboxylic acids is 1. The molecule has 0 fully saturated rings. The highest BCUT2D eigenvalue weighted by Gasteiger charge is 2.22. The first kappa shape index (κ1) is 18.5. The highest BCUT2D eigenvalue weighted by Crippen LogP contribution is 2.35. The number of benzene rings is 2. The van der Waals surface area contributed by atoms with Gasteiger partial charge in [0.05, 0.1) is 17.3 Å². The van der Waals surface area contributed by atoms with Crippen LogP contribution < -0.4 is 5.69 Å². The second-order valence-corrected chi connectivity index (χ2v) is 6.81. The third kappa shape index (κ3) is 3.26. The number of hydrogen-bond donors (Lipinski definition) is 2. The number of aldehydes is 1. The highest BCUT2D eigenvalue weighted by atomic mass is 35.5. The smallest absolute Gasteiger partial charge is 0.329 e. The number of nitrogens with zero attached hydrogens (tertiary/aromatic N) is 3. The van der Waals surface area contributed by atoms with Gasteiger partial charge in [0.25, 0.3) is 0 Å². The number of nitriles is 1. The van der Waals surface area contributed by atoms with Gasteiger partial charge in [0, 0.05) is 22.4 Å². The van der Waals surface area contributed by atoms with Crippen LogP contribution in [0.4, 0.5) is 5.69 Å². The number of fused-ring (bicyclic) bond motifs is 1. The molecule has 2 heterocycles. The van der Waals surface area contributed by atoms with Crippen molar-refractivity contribution in [1.29, 1.82) is 5.26 Å². The second kappa shape index (κ2) is 7.26. The molecule has 1 aromatic heterocycles. The second-order valence-electron chi connectivity index (χ2n) is 6.37. The van der Waals surface area contributed by atoms with Gasteiger partial charge in [0.1, 0.15) is 18.0 Å². The van der Waals surface area contributed by atoms with Gasteiger partial charge in [-0.3, -0.25) is 4.99 Å². The molecule has 4 rings (SSSR count). The SMILES string of the molecule is N#Cc1ccc(C(C=O)n2c(O)c(/C=C3\C=Nc4cc(Cl)ccc43)[nH]c2=O)cc1. The molecule has 0 amide bonds. The van der Waals surface area contributed by atoms with E-state index in [0.29, 0.717) is 33.7 Å². The highest BCUT2D eigenvalue weighted by molar-refractivity contribution is 6.31. The molecular formula is C21H13ClN4O3. The molecule has 1 aliphatic heterocycles. The summed E-state index contributed by atoms with van der Waals surface area (Å²) in [5.74, 6) is -0.375. The number of hydrogen-bond acceptors (Lipinski definition) is 5. The summed E-state index contributed by atoms with van der Waals surface area (Å²) < 4.78 is 0.968. The van der Waals surface area contributed by atoms with Crippen LogP contribution in [0.3, 0.4) is 0 Å². The van der Waals surface area contributed by atoms with Crippen molar-refractivity contribution in [2.24, 2.45) is 4.99 Å². The maximum Gasteiger partial charge on any atom is 0.329 e. The first-order valence-electron chi connectivity index (χ1n) is 8.56. The van der Waals surface area contributed by atoms with E-state index in [9.17, 15) is 14.7 Å². The average molecular weight is 405 g/mol. The van der Waals surface area contributed by atoms with Gasteiger partial charge in [-0.25, -0.2) is 9.36 Å². The molecule has 0 saturated heterocycles. The molecule has 0 aliphatic carbocycles. The number of rotatable bonds is 4. The number of halogens is 1. The summed E-state index contributed by atoms with van der Waals surface area (Å²) in [5, 5.41) is 20.1. The van der Waals surface area contributed by atoms with E-state index in [1.165, 1.54) is 0 Å². The minimum atomic E-state index is -1.04. The van der Waals surface area contributed by atoms with E-state index in [-0.39, 0.29) is 11.6 Å². The first-order chi connectivity index (χ1) is 14.0. The molecule has 7 nitrogen and oxygen atoms in total. The summed E-state index contributed by atoms with van der Waals surface area (Å²) in [6, 6.07) is 12.4. The maximum absolute atomic E-state index is 12.5. The number of H-pyrrole nitrogens is 1. The summed E-state index contributed by atoms with van der Waals surface area (Å²) in [4.78, 5) is 31.0. The van der Waals surface area contributed by atoms with Crippen molar-refractivity contribution in [3.63, 3.8) is 0 Å². The van der Waals surface area contributed by atoms with Crippen LogP contribution in [0.25, 0.3) is 11.6 Å². The van der Waals surface area contributed by atoms with Gasteiger partial charge in [0.15, 0.2) is 0 Å². The quantitative estimate of drug-likeness (QED) is 0.648. The zero-order valence-electron chi connectivity index (χ0n) is 14.8. The number of carbonyl (C=O) groups is 1. The van der Waals surface area contributed by atoms with Crippen LogP contribution in [0, 0.1) is 11.3 Å². The third-order valence-corrected chi connectivity index (χ3v) is 4.87. The minimum Gasteiger partial charge on any atom is -0.493 e. The van der Waals surface area contributed by atoms with Crippen LogP contribution in [0.2, 0.25) is 5.02 Å². The monoisotopic (exact) mass is 404 g/mol. The summed E-state index contributed by atoms with van der Waals surface area (Å²) >= 11 is 5.97. The Hall–Kier alpha value is -3.89. The number of allylic oxidation sites excluding steroid dienone is 1. The topological polar surface area (TPSA) is 111 Å². The van der Waals surface area contributed by atoms with Crippen LogP contribution in [-0.2, 0) is 4.79 Å². The summed E-state index contributed by atoms with van der Waals surface area (Å²) in [6.45, 7) is 0. The van der Waals surface area contributed by atoms with Gasteiger partial charge in [-0.2, -0.15) is 5.26 Å². The van der Waals surface area contributed by atoms with E-state index >= 15 is 0 Å². The fraction of sp³-hybridized carbons (Fsp3) is 0.0476. The summed E-state index contributed by atoms with van der Waals surface area (Å²) in [6.07, 6.45) is 3.74. The van der Waals surface area contributed by atoms with Crippen molar-refractivity contribution in [3.8, 4) is 11.9 Å². The lowest BCUT2D eigenvalue weighted by Gasteiger charge is -2.12. The Morgan fingerprint density at radius 2 is 2.00 bits per heavy atom. The standard InChI is InChI=1S/C21H13ClN4O3/c22-15-5-6-16-14(10-24-17(16)8-15)7-18-20(28)26(21(29)25-18)19(11-27)13-3-1-12(9-23)2-4-13/h1-8,10-11,19,28H,(H,25,29)/b14-7+. The Kier molecular flexibility index (Phi) is 4.63. The average Bonchev–Trinajstić information content (AvgIpc) is 3.24. The molecule has 1 unspecified atom stereocenters. The molecule has 2 N–H and O–H groups in total. The Morgan fingerprint density at radius 1 is 1.24 bits per heavy atom. The lowest BCUT2D eigenvalue weighted by molar-refractivity contribution is -0.109. The molecule has 3 aromatic rings. The van der Waals surface area contributed by atoms with E-state index in [0.717, 1.165) is 10.1 Å². The van der Waals surface area contributed by atoms with E-state index in [2.05, 4.69) is 9.98 Å². The lowest BCUT2D eigenvalue weighted by atomic mass is 10.1. The molecule has 0 radical (unpaired) electrons. The van der Waals surface area contributed by atoms with Gasteiger partial charge in [-0.15, -0.1) is 0 Å². The van der Waals surface area contributed by atoms with E-state index in [4.69, 9.17) is 16.9 Å². The number of nitrogens with one attached hydrogen (secondary N) is 1. The fourth-order valence-corrected chi connectivity index (χ4v) is 3.36. The predicted molar refractivity (Wildman–Crippen MR) is 110 cm³/mol. The molecule has 0 saturated carbocycles. The Labute approximate surface area is 169 Å². The first-order valence-corrected chi connectivity index (χ1v) is 8.94. The van der Waals surface area contributed by atoms with Gasteiger partial charge in [-0.05, 0) is 35.9 Å². The van der Waals surface area contributed by atoms with Crippen LogP contribution >= 0.6 is 11.6 Å². The number of aromatic amines is 1. The number of imidazole rings is 1. The van der Waals surface area contributed by atoms with E-state index in [1.807, 2.05) is 6.07 Å². The van der Waals surface area contributed by atoms with Crippen molar-refractivity contribution < 1.29 is 9.90 Å². The molecule has 2 aromatic carbocycles. The van der Waals surface area contributed by atoms with Crippen molar-refractivity contribution >= 4 is 41.4 Å². The lowest BCUT2D eigenvalue weighted by Crippen LogP contribution is -2.23. The Morgan fingerprint density at radius 3 is 2.69 bits per heavy atom. The maximum atomic E-state index is 12.5. The molecule has 29 heavy (non-hydrogen) atoms. The zero-order chi connectivity index (χ0) is 20.5. The third-order valence-electron chi connectivity index (χ3n) is 4.63. The molecule has 142 valence electrons. The van der Waals surface area contributed by atoms with Crippen molar-refractivity contribution in [2.45, 2.75) is 6.04 Å². The Balaban J connectivity index is 1.76. The van der Waals surface area contributed by atoms with Crippen molar-refractivity contribution in [3.05, 3.63) is 80.4 Å². The number of aliphatic imine (C=N–C) groups is 1. The van der Waals surface area contributed by atoms with E-state index in [1.54, 1.807) is 54.8 Å². The van der Waals surface area contributed by atoms with Gasteiger partial charge < -0.3 is 14.9 Å². The normalized spacial score (nSPS) is 14.6.